The number of hydrogen-bond acceptors (Lipinski definition) is 3. The molecule has 1 saturated carbocycles. The third-order valence-electron chi connectivity index (χ3n) is 6.74. The van der Waals surface area contributed by atoms with E-state index in [1.165, 1.54) is 0 Å². The second-order valence-corrected chi connectivity index (χ2v) is 8.13. The summed E-state index contributed by atoms with van der Waals surface area (Å²) in [4.78, 5) is 0. The summed E-state index contributed by atoms with van der Waals surface area (Å²) in [7, 11) is 0. The minimum Gasteiger partial charge on any atom is -0.508 e. The van der Waals surface area contributed by atoms with Gasteiger partial charge in [0.15, 0.2) is 0 Å². The molecule has 136 valence electrons. The highest BCUT2D eigenvalue weighted by Crippen LogP contribution is 2.59. The highest BCUT2D eigenvalue weighted by molar-refractivity contribution is 5.63. The highest BCUT2D eigenvalue weighted by Gasteiger charge is 2.60. The average Bonchev–Trinajstić information content (AvgIpc) is 2.63. The highest BCUT2D eigenvalue weighted by atomic mass is 16.4. The molecule has 0 bridgehead atoms. The molecule has 3 heteroatoms. The van der Waals surface area contributed by atoms with E-state index in [9.17, 15) is 15.3 Å². The number of phenolic OH excluding ortho intramolecular Hbond substituents is 1. The van der Waals surface area contributed by atoms with Gasteiger partial charge in [-0.2, -0.15) is 0 Å². The average molecular weight is 350 g/mol. The van der Waals surface area contributed by atoms with Gasteiger partial charge in [-0.3, -0.25) is 0 Å². The maximum atomic E-state index is 11.6. The zero-order valence-electron chi connectivity index (χ0n) is 15.3. The molecule has 2 aromatic carbocycles. The van der Waals surface area contributed by atoms with Crippen LogP contribution in [-0.2, 0) is 11.0 Å². The molecule has 4 rings (SSSR count). The number of hydrogen-bond donors (Lipinski definition) is 3. The van der Waals surface area contributed by atoms with Crippen molar-refractivity contribution in [3.05, 3.63) is 71.3 Å². The fourth-order valence-electron chi connectivity index (χ4n) is 5.25. The van der Waals surface area contributed by atoms with E-state index in [0.29, 0.717) is 12.8 Å². The van der Waals surface area contributed by atoms with Crippen molar-refractivity contribution in [3.8, 4) is 5.75 Å². The first-order chi connectivity index (χ1) is 12.3. The quantitative estimate of drug-likeness (QED) is 0.764. The Balaban J connectivity index is 1.85. The Morgan fingerprint density at radius 1 is 1.08 bits per heavy atom. The molecule has 0 aliphatic heterocycles. The third kappa shape index (κ3) is 2.27. The molecule has 0 radical (unpaired) electrons. The number of rotatable bonds is 2. The van der Waals surface area contributed by atoms with Gasteiger partial charge in [-0.1, -0.05) is 55.5 Å². The smallest absolute Gasteiger partial charge is 0.119 e. The monoisotopic (exact) mass is 350 g/mol. The zero-order valence-corrected chi connectivity index (χ0v) is 15.3. The summed E-state index contributed by atoms with van der Waals surface area (Å²) in [6, 6.07) is 15.0. The molecule has 4 unspecified atom stereocenters. The number of aromatic hydroxyl groups is 1. The van der Waals surface area contributed by atoms with E-state index in [4.69, 9.17) is 0 Å². The van der Waals surface area contributed by atoms with Crippen molar-refractivity contribution in [1.82, 2.24) is 0 Å². The van der Waals surface area contributed by atoms with E-state index in [1.807, 2.05) is 42.5 Å². The minimum atomic E-state index is -1.30. The normalized spacial score (nSPS) is 35.6. The summed E-state index contributed by atoms with van der Waals surface area (Å²) < 4.78 is 0. The number of aliphatic hydroxyl groups is 2. The predicted molar refractivity (Wildman–Crippen MR) is 103 cm³/mol. The van der Waals surface area contributed by atoms with Crippen LogP contribution in [0.4, 0.5) is 0 Å². The van der Waals surface area contributed by atoms with E-state index in [-0.39, 0.29) is 17.1 Å². The Morgan fingerprint density at radius 3 is 2.50 bits per heavy atom. The van der Waals surface area contributed by atoms with E-state index < -0.39 is 11.2 Å². The van der Waals surface area contributed by atoms with Gasteiger partial charge in [0, 0.05) is 5.41 Å². The molecular formula is C23H26O3. The first-order valence-corrected chi connectivity index (χ1v) is 9.34. The molecule has 3 N–H and O–H groups in total. The predicted octanol–water partition coefficient (Wildman–Crippen LogP) is 4.12. The fourth-order valence-corrected chi connectivity index (χ4v) is 5.25. The van der Waals surface area contributed by atoms with Crippen molar-refractivity contribution >= 4 is 6.08 Å². The molecule has 26 heavy (non-hydrogen) atoms. The van der Waals surface area contributed by atoms with Gasteiger partial charge < -0.3 is 15.3 Å². The zero-order chi connectivity index (χ0) is 18.6. The Labute approximate surface area is 154 Å². The minimum absolute atomic E-state index is 0.120. The lowest BCUT2D eigenvalue weighted by Crippen LogP contribution is -2.61. The molecule has 0 saturated heterocycles. The summed E-state index contributed by atoms with van der Waals surface area (Å²) in [5.74, 6) is 0.372. The first kappa shape index (κ1) is 17.3. The van der Waals surface area contributed by atoms with Gasteiger partial charge >= 0.3 is 0 Å². The Kier molecular flexibility index (Phi) is 3.80. The van der Waals surface area contributed by atoms with Gasteiger partial charge in [0.05, 0.1) is 5.60 Å². The van der Waals surface area contributed by atoms with Crippen molar-refractivity contribution < 1.29 is 15.3 Å². The lowest BCUT2D eigenvalue weighted by atomic mass is 9.50. The van der Waals surface area contributed by atoms with Crippen LogP contribution in [0.25, 0.3) is 6.08 Å². The molecule has 0 spiro atoms. The van der Waals surface area contributed by atoms with Crippen LogP contribution in [0, 0.1) is 5.92 Å². The Bertz CT molecular complexity index is 855. The third-order valence-corrected chi connectivity index (χ3v) is 6.74. The number of benzene rings is 2. The first-order valence-electron chi connectivity index (χ1n) is 9.34. The second kappa shape index (κ2) is 5.70. The largest absolute Gasteiger partial charge is 0.508 e. The van der Waals surface area contributed by atoms with Crippen molar-refractivity contribution in [1.29, 1.82) is 0 Å². The maximum absolute atomic E-state index is 11.6. The summed E-state index contributed by atoms with van der Waals surface area (Å²) >= 11 is 0. The van der Waals surface area contributed by atoms with Gasteiger partial charge in [-0.05, 0) is 60.9 Å². The van der Waals surface area contributed by atoms with Gasteiger partial charge in [0.1, 0.15) is 11.4 Å². The number of phenols is 1. The molecule has 0 amide bonds. The molecule has 3 nitrogen and oxygen atoms in total. The molecule has 4 atom stereocenters. The molecular weight excluding hydrogens is 324 g/mol. The van der Waals surface area contributed by atoms with Gasteiger partial charge in [0.2, 0.25) is 0 Å². The Hall–Kier alpha value is -2.10. The van der Waals surface area contributed by atoms with Crippen LogP contribution >= 0.6 is 0 Å². The van der Waals surface area contributed by atoms with Crippen LogP contribution in [0.1, 0.15) is 49.8 Å². The van der Waals surface area contributed by atoms with Crippen molar-refractivity contribution in [3.63, 3.8) is 0 Å². The lowest BCUT2D eigenvalue weighted by molar-refractivity contribution is -0.198. The molecule has 2 aliphatic rings. The second-order valence-electron chi connectivity index (χ2n) is 8.13. The summed E-state index contributed by atoms with van der Waals surface area (Å²) in [6.45, 7) is 3.90. The van der Waals surface area contributed by atoms with Gasteiger partial charge in [-0.25, -0.2) is 0 Å². The van der Waals surface area contributed by atoms with Crippen LogP contribution in [0.3, 0.4) is 0 Å². The molecule has 0 aromatic heterocycles. The molecule has 0 heterocycles. The summed E-state index contributed by atoms with van der Waals surface area (Å²) in [5.41, 5.74) is 0.115. The Morgan fingerprint density at radius 2 is 1.81 bits per heavy atom. The summed E-state index contributed by atoms with van der Waals surface area (Å²) in [5, 5.41) is 32.9. The number of fused-ring (bicyclic) bond motifs is 3. The van der Waals surface area contributed by atoms with Gasteiger partial charge in [-0.15, -0.1) is 0 Å². The van der Waals surface area contributed by atoms with Crippen LogP contribution in [0.2, 0.25) is 0 Å². The van der Waals surface area contributed by atoms with E-state index in [2.05, 4.69) is 13.0 Å². The summed E-state index contributed by atoms with van der Waals surface area (Å²) in [6.07, 6.45) is 5.98. The molecule has 2 aliphatic carbocycles. The van der Waals surface area contributed by atoms with Crippen LogP contribution < -0.4 is 0 Å². The standard InChI is InChI=1S/C23H26O3/c1-3-22-15-21(2,25)23(26,17-7-5-4-6-8-17)14-18(22)10-9-16-13-19(24)11-12-20(16)22/h4-13,18,24-26H,3,14-15H2,1-2H3. The fraction of sp³-hybridized carbons (Fsp3) is 0.391. The van der Waals surface area contributed by atoms with Gasteiger partial charge in [0.25, 0.3) is 0 Å². The van der Waals surface area contributed by atoms with Crippen molar-refractivity contribution in [2.75, 3.05) is 0 Å². The van der Waals surface area contributed by atoms with Crippen LogP contribution in [0.5, 0.6) is 5.75 Å². The SMILES string of the molecule is CCC12CC(C)(O)C(O)(c3ccccc3)CC1C=Cc1cc(O)ccc12. The van der Waals surface area contributed by atoms with E-state index in [1.54, 1.807) is 19.1 Å². The van der Waals surface area contributed by atoms with E-state index >= 15 is 0 Å². The topological polar surface area (TPSA) is 60.7 Å². The van der Waals surface area contributed by atoms with Crippen molar-refractivity contribution in [2.45, 2.75) is 49.7 Å². The van der Waals surface area contributed by atoms with Crippen LogP contribution in [-0.4, -0.2) is 20.9 Å². The lowest BCUT2D eigenvalue weighted by Gasteiger charge is -2.57. The van der Waals surface area contributed by atoms with Crippen molar-refractivity contribution in [2.24, 2.45) is 5.92 Å². The number of allylic oxidation sites excluding steroid dienone is 1. The molecule has 2 aromatic rings. The van der Waals surface area contributed by atoms with Crippen LogP contribution in [0.15, 0.2) is 54.6 Å². The maximum Gasteiger partial charge on any atom is 0.119 e. The van der Waals surface area contributed by atoms with E-state index in [0.717, 1.165) is 23.1 Å². The molecule has 1 fully saturated rings.